The van der Waals surface area contributed by atoms with Crippen molar-refractivity contribution in [2.45, 2.75) is 25.0 Å². The third-order valence-corrected chi connectivity index (χ3v) is 4.08. The predicted molar refractivity (Wildman–Crippen MR) is 71.8 cm³/mol. The van der Waals surface area contributed by atoms with E-state index in [2.05, 4.69) is 0 Å². The molecule has 2 atom stereocenters. The van der Waals surface area contributed by atoms with Gasteiger partial charge in [0.25, 0.3) is 0 Å². The van der Waals surface area contributed by atoms with Crippen LogP contribution in [0.5, 0.6) is 0 Å². The molecule has 2 heterocycles. The van der Waals surface area contributed by atoms with Gasteiger partial charge in [0.05, 0.1) is 11.1 Å². The van der Waals surface area contributed by atoms with Gasteiger partial charge in [-0.25, -0.2) is 9.59 Å². The van der Waals surface area contributed by atoms with E-state index in [0.29, 0.717) is 0 Å². The summed E-state index contributed by atoms with van der Waals surface area (Å²) in [6.45, 7) is 0. The van der Waals surface area contributed by atoms with Gasteiger partial charge in [-0.3, -0.25) is 0 Å². The zero-order valence-electron chi connectivity index (χ0n) is 11.0. The highest BCUT2D eigenvalue weighted by molar-refractivity contribution is 5.91. The number of rotatable bonds is 0. The Balaban J connectivity index is 2.46. The molecule has 0 radical (unpaired) electrons. The quantitative estimate of drug-likeness (QED) is 0.434. The van der Waals surface area contributed by atoms with Crippen molar-refractivity contribution in [1.29, 1.82) is 0 Å². The van der Waals surface area contributed by atoms with Crippen molar-refractivity contribution in [2.75, 3.05) is 0 Å². The molecule has 2 aromatic rings. The standard InChI is InChI=1S/C14H10O8/c15-5-1-3-7-8-4(14(20)22-11(7)9(5)17)2-6(16)10(18)12(8)21-13(3)19/h5-6,15-18H,1-2H2. The van der Waals surface area contributed by atoms with Crippen LogP contribution < -0.4 is 22.1 Å². The van der Waals surface area contributed by atoms with Gasteiger partial charge in [0, 0.05) is 23.6 Å². The van der Waals surface area contributed by atoms with Crippen LogP contribution in [0.3, 0.4) is 0 Å². The summed E-state index contributed by atoms with van der Waals surface area (Å²) >= 11 is 0. The van der Waals surface area contributed by atoms with Crippen LogP contribution in [-0.4, -0.2) is 32.6 Å². The van der Waals surface area contributed by atoms with Crippen LogP contribution in [-0.2, 0) is 12.8 Å². The highest BCUT2D eigenvalue weighted by Gasteiger charge is 2.32. The zero-order valence-corrected chi connectivity index (χ0v) is 11.0. The fraction of sp³-hybridized carbons (Fsp3) is 0.286. The Labute approximate surface area is 120 Å². The van der Waals surface area contributed by atoms with Gasteiger partial charge in [-0.2, -0.15) is 0 Å². The van der Waals surface area contributed by atoms with Crippen LogP contribution in [0.25, 0.3) is 22.3 Å². The minimum atomic E-state index is -1.38. The van der Waals surface area contributed by atoms with Gasteiger partial charge in [-0.1, -0.05) is 0 Å². The van der Waals surface area contributed by atoms with Crippen LogP contribution >= 0.6 is 0 Å². The monoisotopic (exact) mass is 306 g/mol. The molecule has 0 bridgehead atoms. The fourth-order valence-corrected chi connectivity index (χ4v) is 3.03. The number of hydrogen-bond acceptors (Lipinski definition) is 8. The third-order valence-electron chi connectivity index (χ3n) is 4.08. The number of aliphatic hydroxyl groups excluding tert-OH is 4. The molecule has 2 unspecified atom stereocenters. The highest BCUT2D eigenvalue weighted by atomic mass is 16.4. The third kappa shape index (κ3) is 1.42. The molecule has 8 heteroatoms. The summed E-state index contributed by atoms with van der Waals surface area (Å²) in [6.07, 6.45) is -3.17. The van der Waals surface area contributed by atoms with E-state index >= 15 is 0 Å². The largest absolute Gasteiger partial charge is 0.506 e. The van der Waals surface area contributed by atoms with Gasteiger partial charge in [0.15, 0.2) is 22.3 Å². The molecule has 0 aromatic carbocycles. The lowest BCUT2D eigenvalue weighted by atomic mass is 9.91. The summed E-state index contributed by atoms with van der Waals surface area (Å²) < 4.78 is 10.0. The van der Waals surface area contributed by atoms with Crippen molar-refractivity contribution in [2.24, 2.45) is 0 Å². The van der Waals surface area contributed by atoms with E-state index in [4.69, 9.17) is 8.83 Å². The van der Waals surface area contributed by atoms with E-state index in [1.807, 2.05) is 0 Å². The molecule has 0 aliphatic heterocycles. The first kappa shape index (κ1) is 13.1. The van der Waals surface area contributed by atoms with Crippen molar-refractivity contribution >= 4 is 22.3 Å². The van der Waals surface area contributed by atoms with Crippen molar-refractivity contribution < 1.29 is 29.3 Å². The Bertz CT molecular complexity index is 984. The highest BCUT2D eigenvalue weighted by Crippen LogP contribution is 2.23. The molecule has 0 amide bonds. The van der Waals surface area contributed by atoms with E-state index in [-0.39, 0.29) is 45.6 Å². The summed E-state index contributed by atoms with van der Waals surface area (Å²) in [5.74, 6) is -1.11. The maximum atomic E-state index is 12.1. The Morgan fingerprint density at radius 1 is 0.773 bits per heavy atom. The molecule has 0 saturated heterocycles. The molecule has 2 aliphatic carbocycles. The van der Waals surface area contributed by atoms with Gasteiger partial charge in [0.1, 0.15) is 12.2 Å². The maximum absolute atomic E-state index is 12.1. The molecular weight excluding hydrogens is 296 g/mol. The molecule has 0 fully saturated rings. The van der Waals surface area contributed by atoms with E-state index in [9.17, 15) is 30.0 Å². The first-order valence-corrected chi connectivity index (χ1v) is 6.54. The molecule has 0 saturated carbocycles. The van der Waals surface area contributed by atoms with Gasteiger partial charge in [-0.15, -0.1) is 0 Å². The normalized spacial score (nSPS) is 23.2. The Hall–Kier alpha value is -2.58. The summed E-state index contributed by atoms with van der Waals surface area (Å²) in [7, 11) is 0. The first-order chi connectivity index (χ1) is 10.4. The minimum absolute atomic E-state index is 0.0493. The number of aliphatic hydroxyl groups is 4. The van der Waals surface area contributed by atoms with Crippen LogP contribution in [0.15, 0.2) is 18.4 Å². The Kier molecular flexibility index (Phi) is 2.38. The lowest BCUT2D eigenvalue weighted by Crippen LogP contribution is -2.39. The van der Waals surface area contributed by atoms with E-state index in [1.165, 1.54) is 0 Å². The minimum Gasteiger partial charge on any atom is -0.506 e. The smallest absolute Gasteiger partial charge is 0.340 e. The fourth-order valence-electron chi connectivity index (χ4n) is 3.03. The van der Waals surface area contributed by atoms with E-state index in [1.54, 1.807) is 0 Å². The Morgan fingerprint density at radius 3 is 1.50 bits per heavy atom. The second-order valence-electron chi connectivity index (χ2n) is 5.35. The average Bonchev–Trinajstić information content (AvgIpc) is 2.47. The summed E-state index contributed by atoms with van der Waals surface area (Å²) in [6, 6.07) is 0. The summed E-state index contributed by atoms with van der Waals surface area (Å²) in [5, 5.41) is 39.7. The van der Waals surface area contributed by atoms with Crippen molar-refractivity contribution in [1.82, 2.24) is 0 Å². The molecule has 0 spiro atoms. The van der Waals surface area contributed by atoms with Crippen molar-refractivity contribution in [3.05, 3.63) is 42.8 Å². The van der Waals surface area contributed by atoms with Gasteiger partial charge >= 0.3 is 11.3 Å². The first-order valence-electron chi connectivity index (χ1n) is 6.54. The SMILES string of the molecule is O=c1oc2c3c(c(=O)oc4c3c1CC(O)C=4O)CC(O)C=2O. The molecule has 114 valence electrons. The molecule has 8 nitrogen and oxygen atoms in total. The van der Waals surface area contributed by atoms with Gasteiger partial charge < -0.3 is 29.3 Å². The summed E-state index contributed by atoms with van der Waals surface area (Å²) in [4.78, 5) is 24.1. The van der Waals surface area contributed by atoms with Crippen molar-refractivity contribution in [3.8, 4) is 0 Å². The summed E-state index contributed by atoms with van der Waals surface area (Å²) in [5.41, 5.74) is -2.19. The van der Waals surface area contributed by atoms with E-state index < -0.39 is 35.0 Å². The number of hydrogen-bond donors (Lipinski definition) is 4. The zero-order chi connectivity index (χ0) is 15.8. The topological polar surface area (TPSA) is 141 Å². The molecule has 4 rings (SSSR count). The van der Waals surface area contributed by atoms with Crippen LogP contribution in [0.4, 0.5) is 0 Å². The maximum Gasteiger partial charge on any atom is 0.340 e. The lowest BCUT2D eigenvalue weighted by molar-refractivity contribution is 0.181. The molecular formula is C14H10O8. The van der Waals surface area contributed by atoms with Gasteiger partial charge in [-0.05, 0) is 0 Å². The Morgan fingerprint density at radius 2 is 1.14 bits per heavy atom. The second-order valence-corrected chi connectivity index (χ2v) is 5.35. The van der Waals surface area contributed by atoms with Crippen molar-refractivity contribution in [3.63, 3.8) is 0 Å². The lowest BCUT2D eigenvalue weighted by Gasteiger charge is -2.21. The molecule has 2 aromatic heterocycles. The van der Waals surface area contributed by atoms with Crippen LogP contribution in [0.1, 0.15) is 11.1 Å². The predicted octanol–water partition coefficient (Wildman–Crippen LogP) is -2.09. The molecule has 2 aliphatic rings. The molecule has 4 N–H and O–H groups in total. The second kappa shape index (κ2) is 3.99. The van der Waals surface area contributed by atoms with E-state index in [0.717, 1.165) is 0 Å². The van der Waals surface area contributed by atoms with Crippen LogP contribution in [0.2, 0.25) is 0 Å². The van der Waals surface area contributed by atoms with Gasteiger partial charge in [0.2, 0.25) is 0 Å². The molecule has 22 heavy (non-hydrogen) atoms. The van der Waals surface area contributed by atoms with Crippen LogP contribution in [0, 0.1) is 0 Å². The average molecular weight is 306 g/mol.